The van der Waals surface area contributed by atoms with Crippen molar-refractivity contribution in [1.82, 2.24) is 0 Å². The van der Waals surface area contributed by atoms with Crippen LogP contribution in [0, 0.1) is 0 Å². The largest absolute Gasteiger partial charge is 0.494 e. The molecule has 0 unspecified atom stereocenters. The van der Waals surface area contributed by atoms with E-state index in [2.05, 4.69) is 0 Å². The van der Waals surface area contributed by atoms with E-state index in [1.807, 2.05) is 72.8 Å². The van der Waals surface area contributed by atoms with Gasteiger partial charge in [-0.3, -0.25) is 0 Å². The topological polar surface area (TPSA) is 71.1 Å². The average molecular weight is 609 g/mol. The Balaban J connectivity index is 1.02. The van der Waals surface area contributed by atoms with Gasteiger partial charge in [-0.2, -0.15) is 0 Å². The van der Waals surface area contributed by atoms with Crippen LogP contribution in [0.2, 0.25) is 0 Å². The standard InChI is InChI=1S/C39H44O6/c1-3-42-38(40)34-16-12-30(13-17-34)32-20-24-36(25-21-32)44-28-10-8-6-5-7-9-11-29-45-37-26-22-33(23-27-37)31-14-18-35(19-15-31)39(41)43-4-2/h12-27H,3-11,28-29H2,1-2H3. The first kappa shape index (κ1) is 33.3. The molecule has 0 fully saturated rings. The molecule has 0 aliphatic rings. The summed E-state index contributed by atoms with van der Waals surface area (Å²) in [6.07, 6.45) is 8.09. The van der Waals surface area contributed by atoms with Gasteiger partial charge < -0.3 is 18.9 Å². The molecule has 0 radical (unpaired) electrons. The van der Waals surface area contributed by atoms with Crippen LogP contribution in [0.1, 0.15) is 79.5 Å². The van der Waals surface area contributed by atoms with Gasteiger partial charge in [0.1, 0.15) is 11.5 Å². The number of benzene rings is 4. The SMILES string of the molecule is CCOC(=O)c1ccc(-c2ccc(OCCCCCCCCCOc3ccc(-c4ccc(C(=O)OCC)cc4)cc3)cc2)cc1. The molecule has 6 heteroatoms. The Morgan fingerprint density at radius 2 is 0.711 bits per heavy atom. The zero-order valence-corrected chi connectivity index (χ0v) is 26.5. The van der Waals surface area contributed by atoms with Crippen LogP contribution in [0.4, 0.5) is 0 Å². The molecule has 0 bridgehead atoms. The first-order valence-corrected chi connectivity index (χ1v) is 16.1. The van der Waals surface area contributed by atoms with Crippen LogP contribution >= 0.6 is 0 Å². The summed E-state index contributed by atoms with van der Waals surface area (Å²) >= 11 is 0. The molecule has 0 atom stereocenters. The van der Waals surface area contributed by atoms with Gasteiger partial charge in [0.25, 0.3) is 0 Å². The lowest BCUT2D eigenvalue weighted by molar-refractivity contribution is 0.0517. The van der Waals surface area contributed by atoms with Gasteiger partial charge in [0, 0.05) is 0 Å². The van der Waals surface area contributed by atoms with E-state index < -0.39 is 0 Å². The summed E-state index contributed by atoms with van der Waals surface area (Å²) in [5, 5.41) is 0. The van der Waals surface area contributed by atoms with Gasteiger partial charge in [0.2, 0.25) is 0 Å². The quantitative estimate of drug-likeness (QED) is 0.0827. The third kappa shape index (κ3) is 10.8. The van der Waals surface area contributed by atoms with E-state index in [-0.39, 0.29) is 11.9 Å². The van der Waals surface area contributed by atoms with E-state index in [1.165, 1.54) is 32.1 Å². The second kappa shape index (κ2) is 18.3. The first-order valence-electron chi connectivity index (χ1n) is 16.1. The Kier molecular flexibility index (Phi) is 13.5. The highest BCUT2D eigenvalue weighted by atomic mass is 16.5. The smallest absolute Gasteiger partial charge is 0.338 e. The van der Waals surface area contributed by atoms with Crippen molar-refractivity contribution in [3.05, 3.63) is 108 Å². The fourth-order valence-corrected chi connectivity index (χ4v) is 4.98. The van der Waals surface area contributed by atoms with Gasteiger partial charge >= 0.3 is 11.9 Å². The lowest BCUT2D eigenvalue weighted by atomic mass is 10.0. The minimum atomic E-state index is -0.295. The summed E-state index contributed by atoms with van der Waals surface area (Å²) in [6, 6.07) is 31.1. The zero-order chi connectivity index (χ0) is 31.7. The van der Waals surface area contributed by atoms with Crippen LogP contribution in [0.5, 0.6) is 11.5 Å². The van der Waals surface area contributed by atoms with Crippen LogP contribution in [-0.4, -0.2) is 38.4 Å². The number of esters is 2. The second-order valence-corrected chi connectivity index (χ2v) is 10.8. The lowest BCUT2D eigenvalue weighted by Gasteiger charge is -2.09. The van der Waals surface area contributed by atoms with Crippen LogP contribution in [-0.2, 0) is 9.47 Å². The van der Waals surface area contributed by atoms with Crippen molar-refractivity contribution >= 4 is 11.9 Å². The number of unbranched alkanes of at least 4 members (excludes halogenated alkanes) is 6. The number of hydrogen-bond acceptors (Lipinski definition) is 6. The minimum absolute atomic E-state index is 0.295. The predicted molar refractivity (Wildman–Crippen MR) is 179 cm³/mol. The molecule has 0 heterocycles. The van der Waals surface area contributed by atoms with Gasteiger partial charge in [-0.15, -0.1) is 0 Å². The average Bonchev–Trinajstić information content (AvgIpc) is 3.08. The molecular weight excluding hydrogens is 564 g/mol. The van der Waals surface area contributed by atoms with Gasteiger partial charge in [-0.1, -0.05) is 80.6 Å². The van der Waals surface area contributed by atoms with E-state index in [0.29, 0.717) is 24.3 Å². The molecule has 0 amide bonds. The molecule has 0 spiro atoms. The van der Waals surface area contributed by atoms with Crippen LogP contribution in [0.25, 0.3) is 22.3 Å². The van der Waals surface area contributed by atoms with Crippen LogP contribution in [0.15, 0.2) is 97.1 Å². The fraction of sp³-hybridized carbons (Fsp3) is 0.333. The third-order valence-electron chi connectivity index (χ3n) is 7.49. The highest BCUT2D eigenvalue weighted by Gasteiger charge is 2.08. The molecule has 0 saturated carbocycles. The summed E-state index contributed by atoms with van der Waals surface area (Å²) in [5.41, 5.74) is 5.38. The maximum absolute atomic E-state index is 11.8. The summed E-state index contributed by atoms with van der Waals surface area (Å²) in [7, 11) is 0. The minimum Gasteiger partial charge on any atom is -0.494 e. The van der Waals surface area contributed by atoms with E-state index in [1.54, 1.807) is 38.1 Å². The zero-order valence-electron chi connectivity index (χ0n) is 26.5. The molecule has 0 aromatic heterocycles. The van der Waals surface area contributed by atoms with Crippen molar-refractivity contribution in [3.8, 4) is 33.8 Å². The fourth-order valence-electron chi connectivity index (χ4n) is 4.98. The monoisotopic (exact) mass is 608 g/mol. The molecule has 0 aliphatic carbocycles. The normalized spacial score (nSPS) is 10.7. The number of rotatable bonds is 18. The molecule has 4 rings (SSSR count). The second-order valence-electron chi connectivity index (χ2n) is 10.8. The number of carbonyl (C=O) groups is 2. The predicted octanol–water partition coefficient (Wildman–Crippen LogP) is 9.56. The summed E-state index contributed by atoms with van der Waals surface area (Å²) in [6.45, 7) is 5.79. The van der Waals surface area contributed by atoms with E-state index >= 15 is 0 Å². The molecule has 0 aliphatic heterocycles. The highest BCUT2D eigenvalue weighted by Crippen LogP contribution is 2.25. The molecular formula is C39H44O6. The molecule has 0 N–H and O–H groups in total. The third-order valence-corrected chi connectivity index (χ3v) is 7.49. The Labute approximate surface area is 267 Å². The molecule has 45 heavy (non-hydrogen) atoms. The van der Waals surface area contributed by atoms with Crippen LogP contribution in [0.3, 0.4) is 0 Å². The maximum atomic E-state index is 11.8. The number of ether oxygens (including phenoxy) is 4. The van der Waals surface area contributed by atoms with Crippen molar-refractivity contribution in [2.45, 2.75) is 58.8 Å². The van der Waals surface area contributed by atoms with Crippen LogP contribution < -0.4 is 9.47 Å². The van der Waals surface area contributed by atoms with Gasteiger partial charge in [-0.05, 0) is 97.5 Å². The Hall–Kier alpha value is -4.58. The summed E-state index contributed by atoms with van der Waals surface area (Å²) in [4.78, 5) is 23.7. The molecule has 236 valence electrons. The molecule has 4 aromatic carbocycles. The van der Waals surface area contributed by atoms with Crippen molar-refractivity contribution in [2.75, 3.05) is 26.4 Å². The lowest BCUT2D eigenvalue weighted by Crippen LogP contribution is -2.03. The maximum Gasteiger partial charge on any atom is 0.338 e. The Morgan fingerprint density at radius 1 is 0.422 bits per heavy atom. The number of carbonyl (C=O) groups excluding carboxylic acids is 2. The van der Waals surface area contributed by atoms with Crippen molar-refractivity contribution in [2.24, 2.45) is 0 Å². The van der Waals surface area contributed by atoms with E-state index in [4.69, 9.17) is 18.9 Å². The Bertz CT molecular complexity index is 1330. The number of hydrogen-bond donors (Lipinski definition) is 0. The summed E-state index contributed by atoms with van der Waals surface area (Å²) in [5.74, 6) is 1.16. The molecule has 6 nitrogen and oxygen atoms in total. The van der Waals surface area contributed by atoms with Gasteiger partial charge in [-0.25, -0.2) is 9.59 Å². The summed E-state index contributed by atoms with van der Waals surface area (Å²) < 4.78 is 22.0. The van der Waals surface area contributed by atoms with Crippen molar-refractivity contribution in [1.29, 1.82) is 0 Å². The first-order chi connectivity index (χ1) is 22.1. The molecule has 4 aromatic rings. The van der Waals surface area contributed by atoms with Crippen molar-refractivity contribution in [3.63, 3.8) is 0 Å². The van der Waals surface area contributed by atoms with E-state index in [0.717, 1.165) is 59.8 Å². The molecule has 0 saturated heterocycles. The van der Waals surface area contributed by atoms with Gasteiger partial charge in [0.15, 0.2) is 0 Å². The van der Waals surface area contributed by atoms with E-state index in [9.17, 15) is 9.59 Å². The van der Waals surface area contributed by atoms with Crippen molar-refractivity contribution < 1.29 is 28.5 Å². The highest BCUT2D eigenvalue weighted by molar-refractivity contribution is 5.90. The Morgan fingerprint density at radius 3 is 1.02 bits per heavy atom. The van der Waals surface area contributed by atoms with Gasteiger partial charge in [0.05, 0.1) is 37.6 Å².